The molecule has 0 spiro atoms. The van der Waals surface area contributed by atoms with Crippen LogP contribution in [-0.4, -0.2) is 92.6 Å². The Balaban J connectivity index is 1.69. The van der Waals surface area contributed by atoms with Crippen LogP contribution >= 0.6 is 0 Å². The second kappa shape index (κ2) is 14.2. The third kappa shape index (κ3) is 8.50. The van der Waals surface area contributed by atoms with Crippen LogP contribution in [-0.2, 0) is 30.9 Å². The van der Waals surface area contributed by atoms with Gasteiger partial charge in [0.25, 0.3) is 5.91 Å². The molecule has 0 saturated carbocycles. The number of carbonyl (C=O) groups excluding carboxylic acids is 2. The molecule has 38 heavy (non-hydrogen) atoms. The Bertz CT molecular complexity index is 1160. The minimum Gasteiger partial charge on any atom is -0.484 e. The van der Waals surface area contributed by atoms with Gasteiger partial charge in [-0.25, -0.2) is 12.8 Å². The molecule has 2 aromatic carbocycles. The average Bonchev–Trinajstić information content (AvgIpc) is 2.93. The quantitative estimate of drug-likeness (QED) is 0.381. The number of methoxy groups -OCH3 is 1. The fourth-order valence-corrected chi connectivity index (χ4v) is 5.39. The maximum atomic E-state index is 13.9. The molecule has 0 aromatic heterocycles. The van der Waals surface area contributed by atoms with E-state index in [4.69, 9.17) is 9.47 Å². The minimum atomic E-state index is -3.64. The molecule has 1 aliphatic heterocycles. The maximum absolute atomic E-state index is 13.9. The summed E-state index contributed by atoms with van der Waals surface area (Å²) in [5, 5.41) is 0. The van der Waals surface area contributed by atoms with Crippen molar-refractivity contribution in [2.45, 2.75) is 32.4 Å². The first kappa shape index (κ1) is 29.5. The van der Waals surface area contributed by atoms with Crippen LogP contribution in [0.25, 0.3) is 0 Å². The fraction of sp³-hybridized carbons (Fsp3) is 0.481. The molecule has 1 aliphatic rings. The summed E-state index contributed by atoms with van der Waals surface area (Å²) >= 11 is 0. The van der Waals surface area contributed by atoms with Crippen molar-refractivity contribution in [1.82, 2.24) is 14.1 Å². The summed E-state index contributed by atoms with van der Waals surface area (Å²) in [4.78, 5) is 29.5. The zero-order chi connectivity index (χ0) is 27.5. The summed E-state index contributed by atoms with van der Waals surface area (Å²) in [7, 11) is -2.17. The number of piperidine rings is 1. The monoisotopic (exact) mass is 549 g/mol. The molecule has 1 heterocycles. The van der Waals surface area contributed by atoms with Gasteiger partial charge in [-0.1, -0.05) is 30.3 Å². The summed E-state index contributed by atoms with van der Waals surface area (Å²) < 4.78 is 50.9. The lowest BCUT2D eigenvalue weighted by Crippen LogP contribution is -2.52. The van der Waals surface area contributed by atoms with Crippen molar-refractivity contribution in [1.29, 1.82) is 0 Å². The van der Waals surface area contributed by atoms with E-state index in [1.807, 2.05) is 18.2 Å². The van der Waals surface area contributed by atoms with Gasteiger partial charge in [-0.2, -0.15) is 4.31 Å². The number of nitrogens with zero attached hydrogens (tertiary/aromatic N) is 3. The molecule has 0 bridgehead atoms. The van der Waals surface area contributed by atoms with Gasteiger partial charge in [0.1, 0.15) is 11.6 Å². The molecular weight excluding hydrogens is 513 g/mol. The van der Waals surface area contributed by atoms with Gasteiger partial charge < -0.3 is 19.3 Å². The highest BCUT2D eigenvalue weighted by Crippen LogP contribution is 2.21. The minimum absolute atomic E-state index is 0.0561. The smallest absolute Gasteiger partial charge is 0.260 e. The third-order valence-electron chi connectivity index (χ3n) is 6.54. The lowest BCUT2D eigenvalue weighted by Gasteiger charge is -2.39. The van der Waals surface area contributed by atoms with Gasteiger partial charge >= 0.3 is 0 Å². The van der Waals surface area contributed by atoms with Crippen LogP contribution in [0.5, 0.6) is 5.75 Å². The van der Waals surface area contributed by atoms with Crippen LogP contribution in [0.4, 0.5) is 4.39 Å². The largest absolute Gasteiger partial charge is 0.484 e. The number of hydrogen-bond acceptors (Lipinski definition) is 6. The molecular formula is C27H36FN3O6S. The molecule has 0 unspecified atom stereocenters. The van der Waals surface area contributed by atoms with Crippen LogP contribution in [0.1, 0.15) is 25.3 Å². The molecule has 0 radical (unpaired) electrons. The highest BCUT2D eigenvalue weighted by molar-refractivity contribution is 7.89. The average molecular weight is 550 g/mol. The van der Waals surface area contributed by atoms with Crippen molar-refractivity contribution in [2.24, 2.45) is 0 Å². The van der Waals surface area contributed by atoms with Gasteiger partial charge in [0.05, 0.1) is 18.9 Å². The van der Waals surface area contributed by atoms with Crippen molar-refractivity contribution in [2.75, 3.05) is 52.3 Å². The SMILES string of the molecule is CCS(=O)(=O)N(CCOC)CC(=O)N(Cc1cccc(F)c1)C1CCN(C(=O)COc2ccccc2)CC1. The van der Waals surface area contributed by atoms with Crippen LogP contribution in [0.3, 0.4) is 0 Å². The van der Waals surface area contributed by atoms with E-state index in [1.165, 1.54) is 26.2 Å². The normalized spacial score (nSPS) is 14.5. The summed E-state index contributed by atoms with van der Waals surface area (Å²) in [5.74, 6) is -0.458. The number of ether oxygens (including phenoxy) is 2. The zero-order valence-electron chi connectivity index (χ0n) is 21.9. The molecule has 2 aromatic rings. The van der Waals surface area contributed by atoms with Crippen molar-refractivity contribution in [3.05, 3.63) is 66.0 Å². The van der Waals surface area contributed by atoms with Crippen molar-refractivity contribution in [3.8, 4) is 5.75 Å². The molecule has 11 heteroatoms. The summed E-state index contributed by atoms with van der Waals surface area (Å²) in [6, 6.07) is 14.9. The van der Waals surface area contributed by atoms with E-state index in [2.05, 4.69) is 0 Å². The molecule has 9 nitrogen and oxygen atoms in total. The van der Waals surface area contributed by atoms with Crippen LogP contribution in [0, 0.1) is 5.82 Å². The zero-order valence-corrected chi connectivity index (χ0v) is 22.7. The van der Waals surface area contributed by atoms with Crippen LogP contribution in [0.15, 0.2) is 54.6 Å². The predicted octanol–water partition coefficient (Wildman–Crippen LogP) is 2.52. The first-order valence-electron chi connectivity index (χ1n) is 12.7. The molecule has 208 valence electrons. The van der Waals surface area contributed by atoms with E-state index in [0.29, 0.717) is 37.2 Å². The summed E-state index contributed by atoms with van der Waals surface area (Å²) in [5.41, 5.74) is 0.606. The number of para-hydroxylation sites is 1. The van der Waals surface area contributed by atoms with Gasteiger partial charge in [-0.05, 0) is 49.6 Å². The van der Waals surface area contributed by atoms with Crippen LogP contribution < -0.4 is 4.74 Å². The van der Waals surface area contributed by atoms with Crippen molar-refractivity contribution >= 4 is 21.8 Å². The van der Waals surface area contributed by atoms with E-state index < -0.39 is 15.8 Å². The number of hydrogen-bond donors (Lipinski definition) is 0. The number of halogens is 1. The number of benzene rings is 2. The van der Waals surface area contributed by atoms with E-state index in [1.54, 1.807) is 34.1 Å². The molecule has 2 amide bonds. The summed E-state index contributed by atoms with van der Waals surface area (Å²) in [6.07, 6.45) is 1.02. The van der Waals surface area contributed by atoms with Gasteiger partial charge in [0.15, 0.2) is 6.61 Å². The van der Waals surface area contributed by atoms with Gasteiger partial charge in [0, 0.05) is 39.3 Å². The van der Waals surface area contributed by atoms with E-state index in [0.717, 1.165) is 4.31 Å². The topological polar surface area (TPSA) is 96.5 Å². The number of amides is 2. The summed E-state index contributed by atoms with van der Waals surface area (Å²) in [6.45, 7) is 2.31. The lowest BCUT2D eigenvalue weighted by molar-refractivity contribution is -0.138. The van der Waals surface area contributed by atoms with E-state index in [-0.39, 0.29) is 56.5 Å². The molecule has 0 atom stereocenters. The maximum Gasteiger partial charge on any atom is 0.260 e. The number of sulfonamides is 1. The number of rotatable bonds is 13. The van der Waals surface area contributed by atoms with Crippen molar-refractivity contribution in [3.63, 3.8) is 0 Å². The van der Waals surface area contributed by atoms with E-state index >= 15 is 0 Å². The number of carbonyl (C=O) groups is 2. The Labute approximate surface area is 224 Å². The Morgan fingerprint density at radius 3 is 2.42 bits per heavy atom. The first-order chi connectivity index (χ1) is 18.2. The van der Waals surface area contributed by atoms with Gasteiger partial charge in [-0.15, -0.1) is 0 Å². The van der Waals surface area contributed by atoms with Gasteiger partial charge in [-0.3, -0.25) is 9.59 Å². The fourth-order valence-electron chi connectivity index (χ4n) is 4.37. The molecule has 0 aliphatic carbocycles. The standard InChI is InChI=1S/C27H36FN3O6S/c1-3-38(34,35)30(16-17-36-2)20-26(32)31(19-22-8-7-9-23(28)18-22)24-12-14-29(15-13-24)27(33)21-37-25-10-5-4-6-11-25/h4-11,18,24H,3,12-17,19-21H2,1-2H3. The Hall–Kier alpha value is -3.02. The second-order valence-electron chi connectivity index (χ2n) is 9.09. The lowest BCUT2D eigenvalue weighted by atomic mass is 10.0. The molecule has 1 fully saturated rings. The van der Waals surface area contributed by atoms with E-state index in [9.17, 15) is 22.4 Å². The Morgan fingerprint density at radius 1 is 1.08 bits per heavy atom. The molecule has 1 saturated heterocycles. The highest BCUT2D eigenvalue weighted by Gasteiger charge is 2.32. The number of likely N-dealkylation sites (tertiary alicyclic amines) is 1. The van der Waals surface area contributed by atoms with Gasteiger partial charge in [0.2, 0.25) is 15.9 Å². The predicted molar refractivity (Wildman–Crippen MR) is 141 cm³/mol. The van der Waals surface area contributed by atoms with Crippen molar-refractivity contribution < 1.29 is 31.9 Å². The van der Waals surface area contributed by atoms with Crippen LogP contribution in [0.2, 0.25) is 0 Å². The Kier molecular flexibility index (Phi) is 11.1. The third-order valence-corrected chi connectivity index (χ3v) is 8.37. The first-order valence-corrected chi connectivity index (χ1v) is 14.3. The molecule has 3 rings (SSSR count). The Morgan fingerprint density at radius 2 is 1.79 bits per heavy atom. The highest BCUT2D eigenvalue weighted by atomic mass is 32.2. The second-order valence-corrected chi connectivity index (χ2v) is 11.3. The molecule has 0 N–H and O–H groups in total.